The van der Waals surface area contributed by atoms with Gasteiger partial charge in [0.2, 0.25) is 0 Å². The van der Waals surface area contributed by atoms with Crippen LogP contribution < -0.4 is 0 Å². The molecule has 4 nitrogen and oxygen atoms in total. The number of rotatable bonds is 5. The molecule has 17 heavy (non-hydrogen) atoms. The molecule has 0 fully saturated rings. The number of carbonyl (C=O) groups excluding carboxylic acids is 2. The van der Waals surface area contributed by atoms with Crippen LogP contribution in [0.2, 0.25) is 0 Å². The third kappa shape index (κ3) is 4.36. The smallest absolute Gasteiger partial charge is 0.338 e. The van der Waals surface area contributed by atoms with E-state index in [9.17, 15) is 9.59 Å². The normalized spacial score (nSPS) is 10.4. The van der Waals surface area contributed by atoms with Gasteiger partial charge in [0.15, 0.2) is 5.78 Å². The van der Waals surface area contributed by atoms with E-state index in [1.165, 1.54) is 6.92 Å². The van der Waals surface area contributed by atoms with E-state index in [-0.39, 0.29) is 11.8 Å². The van der Waals surface area contributed by atoms with Crippen molar-refractivity contribution in [1.29, 1.82) is 0 Å². The molecule has 1 aromatic rings. The van der Waals surface area contributed by atoms with Gasteiger partial charge in [-0.3, -0.25) is 4.79 Å². The minimum absolute atomic E-state index is 0.0162. The van der Waals surface area contributed by atoms with Crippen LogP contribution in [0.15, 0.2) is 24.3 Å². The zero-order valence-corrected chi connectivity index (χ0v) is 10.4. The number of ketones is 1. The highest BCUT2D eigenvalue weighted by atomic mass is 16.5. The van der Waals surface area contributed by atoms with E-state index >= 15 is 0 Å². The lowest BCUT2D eigenvalue weighted by molar-refractivity contribution is 0.0481. The number of Topliss-reactive ketones (excluding diaryl/α,β-unsaturated/α-hetero) is 1. The van der Waals surface area contributed by atoms with Crippen molar-refractivity contribution in [2.75, 3.05) is 27.2 Å². The molecule has 0 aliphatic heterocycles. The third-order valence-electron chi connectivity index (χ3n) is 2.30. The van der Waals surface area contributed by atoms with Crippen LogP contribution in [-0.2, 0) is 4.74 Å². The number of ether oxygens (including phenoxy) is 1. The number of carbonyl (C=O) groups is 2. The van der Waals surface area contributed by atoms with Gasteiger partial charge in [-0.05, 0) is 33.2 Å². The first-order valence-electron chi connectivity index (χ1n) is 5.43. The lowest BCUT2D eigenvalue weighted by Gasteiger charge is -2.09. The summed E-state index contributed by atoms with van der Waals surface area (Å²) in [4.78, 5) is 24.6. The molecule has 0 bridgehead atoms. The summed E-state index contributed by atoms with van der Waals surface area (Å²) in [6, 6.07) is 6.47. The first kappa shape index (κ1) is 13.4. The summed E-state index contributed by atoms with van der Waals surface area (Å²) in [6.45, 7) is 2.54. The molecule has 0 radical (unpaired) electrons. The molecule has 0 aliphatic rings. The second-order valence-corrected chi connectivity index (χ2v) is 4.07. The van der Waals surface area contributed by atoms with Crippen molar-refractivity contribution >= 4 is 11.8 Å². The lowest BCUT2D eigenvalue weighted by Crippen LogP contribution is -2.20. The first-order valence-corrected chi connectivity index (χ1v) is 5.43. The van der Waals surface area contributed by atoms with Gasteiger partial charge in [-0.25, -0.2) is 4.79 Å². The molecule has 0 amide bonds. The van der Waals surface area contributed by atoms with Gasteiger partial charge in [-0.15, -0.1) is 0 Å². The third-order valence-corrected chi connectivity index (χ3v) is 2.30. The van der Waals surface area contributed by atoms with Gasteiger partial charge in [-0.2, -0.15) is 0 Å². The maximum absolute atomic E-state index is 11.6. The molecule has 1 rings (SSSR count). The number of nitrogens with zero attached hydrogens (tertiary/aromatic N) is 1. The van der Waals surface area contributed by atoms with E-state index in [0.29, 0.717) is 24.3 Å². The number of hydrogen-bond acceptors (Lipinski definition) is 4. The molecule has 0 saturated heterocycles. The molecule has 0 unspecified atom stereocenters. The summed E-state index contributed by atoms with van der Waals surface area (Å²) >= 11 is 0. The molecule has 0 saturated carbocycles. The van der Waals surface area contributed by atoms with E-state index in [4.69, 9.17) is 4.74 Å². The molecule has 92 valence electrons. The quantitative estimate of drug-likeness (QED) is 0.574. The molecule has 1 aromatic carbocycles. The number of esters is 1. The van der Waals surface area contributed by atoms with Crippen LogP contribution in [0, 0.1) is 0 Å². The average molecular weight is 235 g/mol. The molecule has 0 heterocycles. The van der Waals surface area contributed by atoms with E-state index in [1.54, 1.807) is 24.3 Å². The van der Waals surface area contributed by atoms with Crippen LogP contribution in [0.3, 0.4) is 0 Å². The Morgan fingerprint density at radius 2 is 1.65 bits per heavy atom. The van der Waals surface area contributed by atoms with Crippen molar-refractivity contribution in [3.05, 3.63) is 35.4 Å². The van der Waals surface area contributed by atoms with Crippen molar-refractivity contribution < 1.29 is 14.3 Å². The summed E-state index contributed by atoms with van der Waals surface area (Å²) in [5.74, 6) is -0.375. The van der Waals surface area contributed by atoms with Crippen LogP contribution >= 0.6 is 0 Å². The summed E-state index contributed by atoms with van der Waals surface area (Å²) < 4.78 is 5.07. The van der Waals surface area contributed by atoms with Crippen LogP contribution in [0.25, 0.3) is 0 Å². The van der Waals surface area contributed by atoms with Crippen LogP contribution in [-0.4, -0.2) is 43.9 Å². The predicted octanol–water partition coefficient (Wildman–Crippen LogP) is 1.61. The average Bonchev–Trinajstić information content (AvgIpc) is 2.28. The van der Waals surface area contributed by atoms with Gasteiger partial charge >= 0.3 is 5.97 Å². The van der Waals surface area contributed by atoms with Crippen LogP contribution in [0.5, 0.6) is 0 Å². The fourth-order valence-corrected chi connectivity index (χ4v) is 1.25. The Balaban J connectivity index is 2.55. The SMILES string of the molecule is CC(=O)c1ccc(C(=O)OCCN(C)C)cc1. The summed E-state index contributed by atoms with van der Waals surface area (Å²) in [5.41, 5.74) is 1.06. The lowest BCUT2D eigenvalue weighted by atomic mass is 10.1. The highest BCUT2D eigenvalue weighted by molar-refractivity contribution is 5.96. The van der Waals surface area contributed by atoms with E-state index < -0.39 is 0 Å². The van der Waals surface area contributed by atoms with Crippen molar-refractivity contribution in [3.63, 3.8) is 0 Å². The second-order valence-electron chi connectivity index (χ2n) is 4.07. The van der Waals surface area contributed by atoms with E-state index in [2.05, 4.69) is 0 Å². The van der Waals surface area contributed by atoms with Crippen molar-refractivity contribution in [2.45, 2.75) is 6.92 Å². The Hall–Kier alpha value is -1.68. The maximum atomic E-state index is 11.6. The highest BCUT2D eigenvalue weighted by Crippen LogP contribution is 2.06. The molecule has 0 N–H and O–H groups in total. The van der Waals surface area contributed by atoms with Crippen molar-refractivity contribution in [1.82, 2.24) is 4.90 Å². The highest BCUT2D eigenvalue weighted by Gasteiger charge is 2.07. The Labute approximate surface area is 101 Å². The standard InChI is InChI=1S/C13H17NO3/c1-10(15)11-4-6-12(7-5-11)13(16)17-9-8-14(2)3/h4-7H,8-9H2,1-3H3. The summed E-state index contributed by atoms with van der Waals surface area (Å²) in [5, 5.41) is 0. The minimum Gasteiger partial charge on any atom is -0.461 e. The van der Waals surface area contributed by atoms with Gasteiger partial charge in [0, 0.05) is 12.1 Å². The molecule has 0 aromatic heterocycles. The maximum Gasteiger partial charge on any atom is 0.338 e. The Morgan fingerprint density at radius 3 is 2.12 bits per heavy atom. The zero-order valence-electron chi connectivity index (χ0n) is 10.4. The first-order chi connectivity index (χ1) is 8.00. The van der Waals surface area contributed by atoms with Gasteiger partial charge in [0.05, 0.1) is 5.56 Å². The van der Waals surface area contributed by atoms with E-state index in [0.717, 1.165) is 0 Å². The topological polar surface area (TPSA) is 46.6 Å². The van der Waals surface area contributed by atoms with Crippen LogP contribution in [0.1, 0.15) is 27.6 Å². The van der Waals surface area contributed by atoms with Crippen molar-refractivity contribution in [3.8, 4) is 0 Å². The minimum atomic E-state index is -0.359. The van der Waals surface area contributed by atoms with Gasteiger partial charge in [0.1, 0.15) is 6.61 Å². The van der Waals surface area contributed by atoms with Gasteiger partial charge in [0.25, 0.3) is 0 Å². The molecule has 0 spiro atoms. The zero-order chi connectivity index (χ0) is 12.8. The Morgan fingerprint density at radius 1 is 1.12 bits per heavy atom. The summed E-state index contributed by atoms with van der Waals surface area (Å²) in [7, 11) is 3.82. The van der Waals surface area contributed by atoms with E-state index in [1.807, 2.05) is 19.0 Å². The largest absolute Gasteiger partial charge is 0.461 e. The Bertz CT molecular complexity index is 396. The fourth-order valence-electron chi connectivity index (χ4n) is 1.25. The number of benzene rings is 1. The number of hydrogen-bond donors (Lipinski definition) is 0. The van der Waals surface area contributed by atoms with Crippen molar-refractivity contribution in [2.24, 2.45) is 0 Å². The number of likely N-dealkylation sites (N-methyl/N-ethyl adjacent to an activating group) is 1. The fraction of sp³-hybridized carbons (Fsp3) is 0.385. The molecular formula is C13H17NO3. The second kappa shape index (κ2) is 6.15. The summed E-state index contributed by atoms with van der Waals surface area (Å²) in [6.07, 6.45) is 0. The molecule has 4 heteroatoms. The molecular weight excluding hydrogens is 218 g/mol. The van der Waals surface area contributed by atoms with Crippen LogP contribution in [0.4, 0.5) is 0 Å². The van der Waals surface area contributed by atoms with Gasteiger partial charge in [-0.1, -0.05) is 12.1 Å². The molecule has 0 aliphatic carbocycles. The monoisotopic (exact) mass is 235 g/mol. The molecule has 0 atom stereocenters. The Kier molecular flexibility index (Phi) is 4.84. The predicted molar refractivity (Wildman–Crippen MR) is 65.3 cm³/mol. The van der Waals surface area contributed by atoms with Gasteiger partial charge < -0.3 is 9.64 Å².